The van der Waals surface area contributed by atoms with E-state index < -0.39 is 5.54 Å². The van der Waals surface area contributed by atoms with Crippen molar-refractivity contribution in [1.29, 1.82) is 5.26 Å². The minimum absolute atomic E-state index is 0.0372. The Hall–Kier alpha value is -0.630. The van der Waals surface area contributed by atoms with Crippen LogP contribution in [0.1, 0.15) is 26.7 Å². The highest BCUT2D eigenvalue weighted by molar-refractivity contribution is 5.15. The van der Waals surface area contributed by atoms with E-state index in [9.17, 15) is 5.26 Å². The number of methoxy groups -OCH3 is 1. The van der Waals surface area contributed by atoms with Gasteiger partial charge in [0.15, 0.2) is 0 Å². The summed E-state index contributed by atoms with van der Waals surface area (Å²) in [6.45, 7) is 5.80. The van der Waals surface area contributed by atoms with Gasteiger partial charge in [0.1, 0.15) is 5.54 Å². The number of nitrogens with zero attached hydrogens (tertiary/aromatic N) is 1. The van der Waals surface area contributed by atoms with Crippen LogP contribution in [0.25, 0.3) is 0 Å². The first-order valence-electron chi connectivity index (χ1n) is 5.95. The van der Waals surface area contributed by atoms with Crippen molar-refractivity contribution in [1.82, 2.24) is 5.32 Å². The predicted molar refractivity (Wildman–Crippen MR) is 62.0 cm³/mol. The number of hydrogen-bond acceptors (Lipinski definition) is 4. The van der Waals surface area contributed by atoms with Crippen LogP contribution in [0.5, 0.6) is 0 Å². The van der Waals surface area contributed by atoms with Gasteiger partial charge >= 0.3 is 0 Å². The molecule has 0 spiro atoms. The highest BCUT2D eigenvalue weighted by Gasteiger charge is 2.45. The molecule has 1 aliphatic carbocycles. The second-order valence-corrected chi connectivity index (χ2v) is 4.46. The summed E-state index contributed by atoms with van der Waals surface area (Å²) in [4.78, 5) is 0. The molecule has 2 unspecified atom stereocenters. The van der Waals surface area contributed by atoms with Crippen molar-refractivity contribution in [3.8, 4) is 6.07 Å². The molecule has 0 aromatic heterocycles. The molecule has 0 heterocycles. The lowest BCUT2D eigenvalue weighted by atomic mass is 9.96. The van der Waals surface area contributed by atoms with Crippen molar-refractivity contribution in [2.75, 3.05) is 26.9 Å². The Labute approximate surface area is 97.9 Å². The van der Waals surface area contributed by atoms with Crippen LogP contribution in [0.15, 0.2) is 0 Å². The number of ether oxygens (including phenoxy) is 2. The lowest BCUT2D eigenvalue weighted by Crippen LogP contribution is -2.50. The van der Waals surface area contributed by atoms with Crippen LogP contribution < -0.4 is 5.32 Å². The first kappa shape index (κ1) is 13.4. The Morgan fingerprint density at radius 3 is 2.69 bits per heavy atom. The Bertz CT molecular complexity index is 248. The van der Waals surface area contributed by atoms with Crippen molar-refractivity contribution in [2.45, 2.75) is 38.3 Å². The molecule has 1 saturated carbocycles. The standard InChI is InChI=1S/C12H22N2O2/c1-4-14-12(8-13,11-5-6-11)9-16-10(2)7-15-3/h10-11,14H,4-7,9H2,1-3H3. The number of rotatable bonds is 8. The van der Waals surface area contributed by atoms with Crippen LogP contribution in [0.2, 0.25) is 0 Å². The van der Waals surface area contributed by atoms with Crippen molar-refractivity contribution in [3.05, 3.63) is 0 Å². The number of nitriles is 1. The maximum Gasteiger partial charge on any atom is 0.133 e. The monoisotopic (exact) mass is 226 g/mol. The summed E-state index contributed by atoms with van der Waals surface area (Å²) in [5, 5.41) is 12.6. The fraction of sp³-hybridized carbons (Fsp3) is 0.917. The van der Waals surface area contributed by atoms with Crippen molar-refractivity contribution in [3.63, 3.8) is 0 Å². The third-order valence-corrected chi connectivity index (χ3v) is 2.96. The Kier molecular flexibility index (Phi) is 5.20. The second-order valence-electron chi connectivity index (χ2n) is 4.46. The molecule has 1 rings (SSSR count). The van der Waals surface area contributed by atoms with Gasteiger partial charge in [0, 0.05) is 7.11 Å². The molecule has 1 fully saturated rings. The number of hydrogen-bond donors (Lipinski definition) is 1. The second kappa shape index (κ2) is 6.19. The topological polar surface area (TPSA) is 54.3 Å². The molecule has 0 radical (unpaired) electrons. The van der Waals surface area contributed by atoms with E-state index >= 15 is 0 Å². The first-order chi connectivity index (χ1) is 7.68. The summed E-state index contributed by atoms with van der Waals surface area (Å²) in [6, 6.07) is 2.40. The summed E-state index contributed by atoms with van der Waals surface area (Å²) in [5.74, 6) is 0.451. The zero-order chi connectivity index (χ0) is 12.0. The van der Waals surface area contributed by atoms with E-state index in [4.69, 9.17) is 9.47 Å². The lowest BCUT2D eigenvalue weighted by Gasteiger charge is -2.28. The molecule has 0 aliphatic heterocycles. The van der Waals surface area contributed by atoms with Crippen LogP contribution in [-0.4, -0.2) is 38.5 Å². The molecule has 0 aromatic carbocycles. The summed E-state index contributed by atoms with van der Waals surface area (Å²) in [5.41, 5.74) is -0.489. The molecule has 0 amide bonds. The summed E-state index contributed by atoms with van der Waals surface area (Å²) >= 11 is 0. The van der Waals surface area contributed by atoms with Gasteiger partial charge in [0.25, 0.3) is 0 Å². The van der Waals surface area contributed by atoms with Crippen molar-refractivity contribution in [2.24, 2.45) is 5.92 Å². The summed E-state index contributed by atoms with van der Waals surface area (Å²) in [7, 11) is 1.66. The minimum atomic E-state index is -0.489. The van der Waals surface area contributed by atoms with Crippen molar-refractivity contribution >= 4 is 0 Å². The number of nitrogens with one attached hydrogen (secondary N) is 1. The maximum absolute atomic E-state index is 9.34. The average Bonchev–Trinajstić information content (AvgIpc) is 3.09. The minimum Gasteiger partial charge on any atom is -0.382 e. The zero-order valence-corrected chi connectivity index (χ0v) is 10.5. The van der Waals surface area contributed by atoms with E-state index in [1.165, 1.54) is 0 Å². The van der Waals surface area contributed by atoms with Crippen LogP contribution in [0.4, 0.5) is 0 Å². The van der Waals surface area contributed by atoms with Gasteiger partial charge < -0.3 is 9.47 Å². The van der Waals surface area contributed by atoms with Crippen LogP contribution in [-0.2, 0) is 9.47 Å². The Morgan fingerprint density at radius 1 is 1.56 bits per heavy atom. The molecule has 1 N–H and O–H groups in total. The quantitative estimate of drug-likeness (QED) is 0.678. The van der Waals surface area contributed by atoms with E-state index in [2.05, 4.69) is 11.4 Å². The third-order valence-electron chi connectivity index (χ3n) is 2.96. The lowest BCUT2D eigenvalue weighted by molar-refractivity contribution is -0.0136. The van der Waals surface area contributed by atoms with Gasteiger partial charge in [-0.1, -0.05) is 6.92 Å². The molecule has 16 heavy (non-hydrogen) atoms. The van der Waals surface area contributed by atoms with Crippen LogP contribution in [0.3, 0.4) is 0 Å². The Balaban J connectivity index is 2.47. The maximum atomic E-state index is 9.34. The molecular weight excluding hydrogens is 204 g/mol. The third kappa shape index (κ3) is 3.44. The van der Waals surface area contributed by atoms with Gasteiger partial charge in [0.05, 0.1) is 25.4 Å². The smallest absolute Gasteiger partial charge is 0.133 e. The molecule has 0 bridgehead atoms. The van der Waals surface area contributed by atoms with Crippen molar-refractivity contribution < 1.29 is 9.47 Å². The molecule has 4 nitrogen and oxygen atoms in total. The highest BCUT2D eigenvalue weighted by Crippen LogP contribution is 2.39. The normalized spacial score (nSPS) is 21.1. The fourth-order valence-electron chi connectivity index (χ4n) is 1.92. The molecular formula is C12H22N2O2. The van der Waals surface area contributed by atoms with E-state index in [1.54, 1.807) is 7.11 Å². The van der Waals surface area contributed by atoms with Gasteiger partial charge in [-0.3, -0.25) is 5.32 Å². The highest BCUT2D eigenvalue weighted by atomic mass is 16.5. The van der Waals surface area contributed by atoms with E-state index in [1.807, 2.05) is 13.8 Å². The predicted octanol–water partition coefficient (Wildman–Crippen LogP) is 1.32. The van der Waals surface area contributed by atoms with Gasteiger partial charge in [-0.05, 0) is 32.2 Å². The zero-order valence-electron chi connectivity index (χ0n) is 10.5. The molecule has 0 saturated heterocycles. The molecule has 0 aromatic rings. The fourth-order valence-corrected chi connectivity index (χ4v) is 1.92. The van der Waals surface area contributed by atoms with E-state index in [0.717, 1.165) is 19.4 Å². The largest absolute Gasteiger partial charge is 0.382 e. The van der Waals surface area contributed by atoms with E-state index in [0.29, 0.717) is 19.1 Å². The summed E-state index contributed by atoms with van der Waals surface area (Å²) < 4.78 is 10.7. The average molecular weight is 226 g/mol. The SMILES string of the molecule is CCNC(C#N)(COC(C)COC)C1CC1. The van der Waals surface area contributed by atoms with Gasteiger partial charge in [-0.2, -0.15) is 5.26 Å². The Morgan fingerprint density at radius 2 is 2.25 bits per heavy atom. The van der Waals surface area contributed by atoms with E-state index in [-0.39, 0.29) is 6.10 Å². The van der Waals surface area contributed by atoms with Gasteiger partial charge in [-0.25, -0.2) is 0 Å². The van der Waals surface area contributed by atoms with Gasteiger partial charge in [-0.15, -0.1) is 0 Å². The molecule has 4 heteroatoms. The van der Waals surface area contributed by atoms with Crippen LogP contribution >= 0.6 is 0 Å². The van der Waals surface area contributed by atoms with Gasteiger partial charge in [0.2, 0.25) is 0 Å². The molecule has 2 atom stereocenters. The first-order valence-corrected chi connectivity index (χ1v) is 5.95. The van der Waals surface area contributed by atoms with Crippen LogP contribution in [0, 0.1) is 17.2 Å². The molecule has 92 valence electrons. The number of likely N-dealkylation sites (N-methyl/N-ethyl adjacent to an activating group) is 1. The summed E-state index contributed by atoms with van der Waals surface area (Å²) in [6.07, 6.45) is 2.29. The molecule has 1 aliphatic rings.